The number of hydrogen-bond acceptors (Lipinski definition) is 3. The molecular formula is C12H16N2OS. The van der Waals surface area contributed by atoms with Gasteiger partial charge in [-0.15, -0.1) is 11.8 Å². The molecule has 0 aromatic heterocycles. The Morgan fingerprint density at radius 1 is 1.44 bits per heavy atom. The van der Waals surface area contributed by atoms with E-state index in [1.807, 2.05) is 36.1 Å². The fourth-order valence-corrected chi connectivity index (χ4v) is 2.67. The minimum absolute atomic E-state index is 0.179. The summed E-state index contributed by atoms with van der Waals surface area (Å²) in [5.41, 5.74) is 7.84. The van der Waals surface area contributed by atoms with Crippen molar-refractivity contribution in [2.24, 2.45) is 5.73 Å². The molecule has 1 aromatic carbocycles. The standard InChI is InChI=1S/C12H16N2OS/c1-9-2-4-10(5-3-9)14-7-11(6-13)16-8-12(14)15/h2-5,11H,6-8,13H2,1H3. The third-order valence-corrected chi connectivity index (χ3v) is 3.96. The predicted molar refractivity (Wildman–Crippen MR) is 68.8 cm³/mol. The van der Waals surface area contributed by atoms with Gasteiger partial charge in [0.05, 0.1) is 5.75 Å². The number of benzene rings is 1. The molecule has 1 atom stereocenters. The number of thioether (sulfide) groups is 1. The summed E-state index contributed by atoms with van der Waals surface area (Å²) in [5.74, 6) is 0.717. The first-order chi connectivity index (χ1) is 7.70. The summed E-state index contributed by atoms with van der Waals surface area (Å²) < 4.78 is 0. The second-order valence-corrected chi connectivity index (χ2v) is 5.30. The van der Waals surface area contributed by atoms with Crippen molar-refractivity contribution in [3.8, 4) is 0 Å². The lowest BCUT2D eigenvalue weighted by atomic mass is 10.2. The van der Waals surface area contributed by atoms with Crippen LogP contribution in [0, 0.1) is 6.92 Å². The van der Waals surface area contributed by atoms with Crippen LogP contribution >= 0.6 is 11.8 Å². The van der Waals surface area contributed by atoms with Gasteiger partial charge in [0.25, 0.3) is 0 Å². The number of anilines is 1. The zero-order valence-corrected chi connectivity index (χ0v) is 10.2. The maximum absolute atomic E-state index is 11.8. The summed E-state index contributed by atoms with van der Waals surface area (Å²) in [6, 6.07) is 8.05. The Hall–Kier alpha value is -1.00. The van der Waals surface area contributed by atoms with E-state index in [9.17, 15) is 4.79 Å². The molecule has 2 rings (SSSR count). The Balaban J connectivity index is 2.17. The maximum atomic E-state index is 11.8. The van der Waals surface area contributed by atoms with E-state index >= 15 is 0 Å². The van der Waals surface area contributed by atoms with Crippen LogP contribution in [0.15, 0.2) is 24.3 Å². The Morgan fingerprint density at radius 3 is 2.75 bits per heavy atom. The number of amides is 1. The number of aryl methyl sites for hydroxylation is 1. The highest BCUT2D eigenvalue weighted by Gasteiger charge is 2.26. The third-order valence-electron chi connectivity index (χ3n) is 2.74. The SMILES string of the molecule is Cc1ccc(N2CC(CN)SCC2=O)cc1. The highest BCUT2D eigenvalue weighted by molar-refractivity contribution is 8.00. The van der Waals surface area contributed by atoms with Crippen molar-refractivity contribution >= 4 is 23.4 Å². The van der Waals surface area contributed by atoms with Gasteiger partial charge in [-0.1, -0.05) is 17.7 Å². The van der Waals surface area contributed by atoms with Crippen LogP contribution in [0.5, 0.6) is 0 Å². The molecule has 3 nitrogen and oxygen atoms in total. The quantitative estimate of drug-likeness (QED) is 0.844. The van der Waals surface area contributed by atoms with Gasteiger partial charge in [-0.25, -0.2) is 0 Å². The topological polar surface area (TPSA) is 46.3 Å². The van der Waals surface area contributed by atoms with Crippen LogP contribution < -0.4 is 10.6 Å². The van der Waals surface area contributed by atoms with Crippen molar-refractivity contribution in [1.82, 2.24) is 0 Å². The van der Waals surface area contributed by atoms with Gasteiger partial charge >= 0.3 is 0 Å². The Labute approximate surface area is 100.0 Å². The first-order valence-electron chi connectivity index (χ1n) is 5.39. The first kappa shape index (κ1) is 11.5. The van der Waals surface area contributed by atoms with Crippen LogP contribution in [0.2, 0.25) is 0 Å². The van der Waals surface area contributed by atoms with E-state index in [2.05, 4.69) is 0 Å². The molecule has 0 saturated carbocycles. The van der Waals surface area contributed by atoms with Crippen LogP contribution in [0.3, 0.4) is 0 Å². The molecule has 0 radical (unpaired) electrons. The highest BCUT2D eigenvalue weighted by atomic mass is 32.2. The second-order valence-electron chi connectivity index (χ2n) is 4.01. The molecule has 1 heterocycles. The normalized spacial score (nSPS) is 21.2. The van der Waals surface area contributed by atoms with Crippen molar-refractivity contribution in [3.63, 3.8) is 0 Å². The van der Waals surface area contributed by atoms with E-state index in [-0.39, 0.29) is 5.91 Å². The van der Waals surface area contributed by atoms with Crippen LogP contribution in [0.25, 0.3) is 0 Å². The largest absolute Gasteiger partial charge is 0.329 e. The molecule has 1 saturated heterocycles. The van der Waals surface area contributed by atoms with E-state index < -0.39 is 0 Å². The van der Waals surface area contributed by atoms with Crippen molar-refractivity contribution < 1.29 is 4.79 Å². The summed E-state index contributed by atoms with van der Waals surface area (Å²) in [6.45, 7) is 3.39. The molecule has 86 valence electrons. The smallest absolute Gasteiger partial charge is 0.237 e. The van der Waals surface area contributed by atoms with Gasteiger partial charge in [0.2, 0.25) is 5.91 Å². The summed E-state index contributed by atoms with van der Waals surface area (Å²) in [4.78, 5) is 13.6. The first-order valence-corrected chi connectivity index (χ1v) is 6.44. The lowest BCUT2D eigenvalue weighted by Gasteiger charge is -2.31. The Kier molecular flexibility index (Phi) is 3.51. The number of carbonyl (C=O) groups is 1. The zero-order chi connectivity index (χ0) is 11.5. The van der Waals surface area contributed by atoms with E-state index in [4.69, 9.17) is 5.73 Å². The Bertz CT molecular complexity index is 377. The second kappa shape index (κ2) is 4.89. The molecule has 16 heavy (non-hydrogen) atoms. The minimum atomic E-state index is 0.179. The van der Waals surface area contributed by atoms with E-state index in [0.717, 1.165) is 12.2 Å². The molecule has 4 heteroatoms. The molecule has 1 aromatic rings. The van der Waals surface area contributed by atoms with E-state index in [1.54, 1.807) is 11.8 Å². The van der Waals surface area contributed by atoms with Gasteiger partial charge in [0.15, 0.2) is 0 Å². The minimum Gasteiger partial charge on any atom is -0.329 e. The number of rotatable bonds is 2. The average Bonchev–Trinajstić information content (AvgIpc) is 2.31. The molecular weight excluding hydrogens is 220 g/mol. The number of nitrogens with zero attached hydrogens (tertiary/aromatic N) is 1. The van der Waals surface area contributed by atoms with Gasteiger partial charge in [-0.05, 0) is 19.1 Å². The van der Waals surface area contributed by atoms with Gasteiger partial charge in [0, 0.05) is 24.0 Å². The summed E-state index contributed by atoms with van der Waals surface area (Å²) >= 11 is 1.66. The summed E-state index contributed by atoms with van der Waals surface area (Å²) in [6.07, 6.45) is 0. The fraction of sp³-hybridized carbons (Fsp3) is 0.417. The number of carbonyl (C=O) groups excluding carboxylic acids is 1. The van der Waals surface area contributed by atoms with Crippen LogP contribution in [0.4, 0.5) is 5.69 Å². The molecule has 0 aliphatic carbocycles. The van der Waals surface area contributed by atoms with Crippen LogP contribution in [-0.4, -0.2) is 30.0 Å². The molecule has 1 aliphatic heterocycles. The van der Waals surface area contributed by atoms with Gasteiger partial charge < -0.3 is 10.6 Å². The highest BCUT2D eigenvalue weighted by Crippen LogP contribution is 2.24. The van der Waals surface area contributed by atoms with Crippen LogP contribution in [-0.2, 0) is 4.79 Å². The molecule has 1 fully saturated rings. The number of hydrogen-bond donors (Lipinski definition) is 1. The van der Waals surface area contributed by atoms with Crippen molar-refractivity contribution in [1.29, 1.82) is 0 Å². The van der Waals surface area contributed by atoms with Gasteiger partial charge in [-0.3, -0.25) is 4.79 Å². The molecule has 1 unspecified atom stereocenters. The lowest BCUT2D eigenvalue weighted by Crippen LogP contribution is -2.45. The van der Waals surface area contributed by atoms with Gasteiger partial charge in [-0.2, -0.15) is 0 Å². The molecule has 1 aliphatic rings. The van der Waals surface area contributed by atoms with Gasteiger partial charge in [0.1, 0.15) is 0 Å². The Morgan fingerprint density at radius 2 is 2.12 bits per heavy atom. The molecule has 2 N–H and O–H groups in total. The number of nitrogens with two attached hydrogens (primary N) is 1. The molecule has 1 amide bonds. The zero-order valence-electron chi connectivity index (χ0n) is 9.35. The molecule has 0 spiro atoms. The van der Waals surface area contributed by atoms with Crippen molar-refractivity contribution in [3.05, 3.63) is 29.8 Å². The van der Waals surface area contributed by atoms with Crippen molar-refractivity contribution in [2.45, 2.75) is 12.2 Å². The molecule has 0 bridgehead atoms. The van der Waals surface area contributed by atoms with E-state index in [1.165, 1.54) is 5.56 Å². The monoisotopic (exact) mass is 236 g/mol. The fourth-order valence-electron chi connectivity index (χ4n) is 1.74. The van der Waals surface area contributed by atoms with Crippen molar-refractivity contribution in [2.75, 3.05) is 23.7 Å². The van der Waals surface area contributed by atoms with E-state index in [0.29, 0.717) is 17.5 Å². The predicted octanol–water partition coefficient (Wildman–Crippen LogP) is 1.40. The average molecular weight is 236 g/mol. The third kappa shape index (κ3) is 2.39. The lowest BCUT2D eigenvalue weighted by molar-refractivity contribution is -0.116. The summed E-state index contributed by atoms with van der Waals surface area (Å²) in [7, 11) is 0. The maximum Gasteiger partial charge on any atom is 0.237 e. The van der Waals surface area contributed by atoms with Crippen LogP contribution in [0.1, 0.15) is 5.56 Å². The summed E-state index contributed by atoms with van der Waals surface area (Å²) in [5, 5.41) is 0.360.